The molecule has 0 aromatic heterocycles. The van der Waals surface area contributed by atoms with Gasteiger partial charge in [-0.2, -0.15) is 0 Å². The summed E-state index contributed by atoms with van der Waals surface area (Å²) in [7, 11) is 0. The molecule has 0 saturated heterocycles. The van der Waals surface area contributed by atoms with Crippen LogP contribution < -0.4 is 10.1 Å². The minimum atomic E-state index is 0.496. The average molecular weight is 231 g/mol. The Hall–Kier alpha value is -1.28. The molecule has 1 atom stereocenters. The molecule has 1 N–H and O–H groups in total. The van der Waals surface area contributed by atoms with Gasteiger partial charge in [-0.1, -0.05) is 25.6 Å². The van der Waals surface area contributed by atoms with Crippen LogP contribution in [0.15, 0.2) is 30.9 Å². The minimum absolute atomic E-state index is 0.496. The van der Waals surface area contributed by atoms with Crippen LogP contribution in [0, 0.1) is 0 Å². The second-order valence-corrected chi connectivity index (χ2v) is 4.46. The van der Waals surface area contributed by atoms with Crippen molar-refractivity contribution in [1.29, 1.82) is 0 Å². The lowest BCUT2D eigenvalue weighted by Gasteiger charge is -2.26. The zero-order valence-corrected chi connectivity index (χ0v) is 10.5. The van der Waals surface area contributed by atoms with Gasteiger partial charge in [0, 0.05) is 6.04 Å². The Morgan fingerprint density at radius 1 is 1.53 bits per heavy atom. The van der Waals surface area contributed by atoms with Crippen molar-refractivity contribution in [3.8, 4) is 5.75 Å². The first-order valence-electron chi connectivity index (χ1n) is 6.45. The number of benzene rings is 1. The first-order valence-corrected chi connectivity index (χ1v) is 6.45. The number of ether oxygens (including phenoxy) is 1. The van der Waals surface area contributed by atoms with Crippen molar-refractivity contribution in [2.24, 2.45) is 0 Å². The smallest absolute Gasteiger partial charge is 0.120 e. The number of aryl methyl sites for hydroxylation is 1. The molecule has 1 aliphatic rings. The number of fused-ring (bicyclic) bond motifs is 1. The molecule has 2 rings (SSSR count). The van der Waals surface area contributed by atoms with Gasteiger partial charge in [0.05, 0.1) is 0 Å². The second kappa shape index (κ2) is 5.87. The van der Waals surface area contributed by atoms with E-state index in [1.54, 1.807) is 6.08 Å². The lowest BCUT2D eigenvalue weighted by molar-refractivity contribution is 0.361. The fourth-order valence-electron chi connectivity index (χ4n) is 2.48. The van der Waals surface area contributed by atoms with Gasteiger partial charge in [0.1, 0.15) is 12.4 Å². The summed E-state index contributed by atoms with van der Waals surface area (Å²) in [4.78, 5) is 0. The van der Waals surface area contributed by atoms with E-state index >= 15 is 0 Å². The highest BCUT2D eigenvalue weighted by Crippen LogP contribution is 2.32. The summed E-state index contributed by atoms with van der Waals surface area (Å²) in [6.45, 7) is 7.42. The van der Waals surface area contributed by atoms with Crippen LogP contribution >= 0.6 is 0 Å². The Balaban J connectivity index is 2.20. The Morgan fingerprint density at radius 2 is 2.41 bits per heavy atom. The molecule has 1 aromatic rings. The van der Waals surface area contributed by atoms with Gasteiger partial charge in [-0.25, -0.2) is 0 Å². The zero-order valence-electron chi connectivity index (χ0n) is 10.5. The molecule has 0 bridgehead atoms. The summed E-state index contributed by atoms with van der Waals surface area (Å²) in [6.07, 6.45) is 5.48. The first kappa shape index (κ1) is 12.2. The zero-order chi connectivity index (χ0) is 12.1. The third kappa shape index (κ3) is 2.89. The lowest BCUT2D eigenvalue weighted by Crippen LogP contribution is -2.24. The van der Waals surface area contributed by atoms with Crippen molar-refractivity contribution in [3.63, 3.8) is 0 Å². The largest absolute Gasteiger partial charge is 0.490 e. The van der Waals surface area contributed by atoms with E-state index in [2.05, 4.69) is 37.0 Å². The van der Waals surface area contributed by atoms with E-state index in [1.807, 2.05) is 0 Å². The van der Waals surface area contributed by atoms with Crippen molar-refractivity contribution in [3.05, 3.63) is 42.0 Å². The average Bonchev–Trinajstić information content (AvgIpc) is 2.37. The Bertz CT molecular complexity index is 387. The molecule has 2 heteroatoms. The SMILES string of the molecule is C=CCOc1ccc2c(c1)C(NCC)CCC2. The van der Waals surface area contributed by atoms with Gasteiger partial charge in [0.25, 0.3) is 0 Å². The highest BCUT2D eigenvalue weighted by Gasteiger charge is 2.19. The standard InChI is InChI=1S/C15H21NO/c1-3-10-17-13-9-8-12-6-5-7-15(16-4-2)14(12)11-13/h3,8-9,11,15-16H,1,4-7,10H2,2H3. The van der Waals surface area contributed by atoms with Crippen molar-refractivity contribution in [1.82, 2.24) is 5.32 Å². The number of hydrogen-bond donors (Lipinski definition) is 1. The maximum Gasteiger partial charge on any atom is 0.120 e. The molecule has 17 heavy (non-hydrogen) atoms. The van der Waals surface area contributed by atoms with Crippen LogP contribution in [0.3, 0.4) is 0 Å². The van der Waals surface area contributed by atoms with Gasteiger partial charge in [0.15, 0.2) is 0 Å². The lowest BCUT2D eigenvalue weighted by atomic mass is 9.87. The summed E-state index contributed by atoms with van der Waals surface area (Å²) in [5, 5.41) is 3.55. The van der Waals surface area contributed by atoms with Crippen LogP contribution in [0.2, 0.25) is 0 Å². The van der Waals surface area contributed by atoms with Crippen LogP contribution in [0.1, 0.15) is 36.9 Å². The maximum atomic E-state index is 5.60. The van der Waals surface area contributed by atoms with Gasteiger partial charge < -0.3 is 10.1 Å². The number of rotatable bonds is 5. The van der Waals surface area contributed by atoms with Gasteiger partial charge in [-0.15, -0.1) is 0 Å². The normalized spacial score (nSPS) is 18.5. The van der Waals surface area contributed by atoms with E-state index < -0.39 is 0 Å². The predicted molar refractivity (Wildman–Crippen MR) is 71.5 cm³/mol. The molecule has 1 aliphatic carbocycles. The molecule has 1 unspecified atom stereocenters. The summed E-state index contributed by atoms with van der Waals surface area (Å²) in [5.41, 5.74) is 2.88. The fourth-order valence-corrected chi connectivity index (χ4v) is 2.48. The van der Waals surface area contributed by atoms with Crippen molar-refractivity contribution >= 4 is 0 Å². The van der Waals surface area contributed by atoms with Gasteiger partial charge in [-0.05, 0) is 49.1 Å². The van der Waals surface area contributed by atoms with Crippen molar-refractivity contribution < 1.29 is 4.74 Å². The van der Waals surface area contributed by atoms with Crippen molar-refractivity contribution in [2.45, 2.75) is 32.2 Å². The number of hydrogen-bond acceptors (Lipinski definition) is 2. The molecule has 2 nitrogen and oxygen atoms in total. The second-order valence-electron chi connectivity index (χ2n) is 4.46. The molecule has 0 radical (unpaired) electrons. The molecule has 0 heterocycles. The molecular weight excluding hydrogens is 210 g/mol. The highest BCUT2D eigenvalue weighted by molar-refractivity contribution is 5.39. The highest BCUT2D eigenvalue weighted by atomic mass is 16.5. The monoisotopic (exact) mass is 231 g/mol. The molecule has 0 amide bonds. The van der Waals surface area contributed by atoms with E-state index in [0.717, 1.165) is 12.3 Å². The Kier molecular flexibility index (Phi) is 4.21. The predicted octanol–water partition coefficient (Wildman–Crippen LogP) is 3.24. The Labute approximate surface area is 104 Å². The molecule has 1 aromatic carbocycles. The summed E-state index contributed by atoms with van der Waals surface area (Å²) in [6, 6.07) is 6.95. The summed E-state index contributed by atoms with van der Waals surface area (Å²) < 4.78 is 5.60. The van der Waals surface area contributed by atoms with E-state index in [-0.39, 0.29) is 0 Å². The van der Waals surface area contributed by atoms with Crippen LogP contribution in [0.5, 0.6) is 5.75 Å². The van der Waals surface area contributed by atoms with E-state index in [4.69, 9.17) is 4.74 Å². The van der Waals surface area contributed by atoms with Gasteiger partial charge >= 0.3 is 0 Å². The van der Waals surface area contributed by atoms with E-state index in [9.17, 15) is 0 Å². The molecular formula is C15H21NO. The first-order chi connectivity index (χ1) is 8.35. The Morgan fingerprint density at radius 3 is 3.18 bits per heavy atom. The minimum Gasteiger partial charge on any atom is -0.490 e. The molecule has 92 valence electrons. The third-order valence-corrected chi connectivity index (χ3v) is 3.25. The third-order valence-electron chi connectivity index (χ3n) is 3.25. The van der Waals surface area contributed by atoms with Crippen LogP contribution in [0.25, 0.3) is 0 Å². The molecule has 0 saturated carbocycles. The topological polar surface area (TPSA) is 21.3 Å². The maximum absolute atomic E-state index is 5.60. The van der Waals surface area contributed by atoms with E-state index in [1.165, 1.54) is 30.4 Å². The van der Waals surface area contributed by atoms with Crippen LogP contribution in [-0.4, -0.2) is 13.2 Å². The van der Waals surface area contributed by atoms with Crippen molar-refractivity contribution in [2.75, 3.05) is 13.2 Å². The van der Waals surface area contributed by atoms with Crippen LogP contribution in [0.4, 0.5) is 0 Å². The molecule has 0 aliphatic heterocycles. The molecule has 0 spiro atoms. The van der Waals surface area contributed by atoms with Gasteiger partial charge in [-0.3, -0.25) is 0 Å². The number of nitrogens with one attached hydrogen (secondary N) is 1. The fraction of sp³-hybridized carbons (Fsp3) is 0.467. The molecule has 0 fully saturated rings. The quantitative estimate of drug-likeness (QED) is 0.785. The summed E-state index contributed by atoms with van der Waals surface area (Å²) >= 11 is 0. The summed E-state index contributed by atoms with van der Waals surface area (Å²) in [5.74, 6) is 0.952. The van der Waals surface area contributed by atoms with E-state index in [0.29, 0.717) is 12.6 Å². The van der Waals surface area contributed by atoms with Gasteiger partial charge in [0.2, 0.25) is 0 Å². The van der Waals surface area contributed by atoms with Crippen LogP contribution in [-0.2, 0) is 6.42 Å².